The van der Waals surface area contributed by atoms with Gasteiger partial charge in [-0.05, 0) is 42.3 Å². The molecule has 1 aliphatic rings. The second kappa shape index (κ2) is 10.1. The summed E-state index contributed by atoms with van der Waals surface area (Å²) in [5, 5.41) is 2.56. The molecule has 0 unspecified atom stereocenters. The van der Waals surface area contributed by atoms with Crippen molar-refractivity contribution in [2.45, 2.75) is 23.9 Å². The maximum Gasteiger partial charge on any atom is 0.416 e. The first-order chi connectivity index (χ1) is 15.5. The van der Waals surface area contributed by atoms with Crippen LogP contribution in [0.4, 0.5) is 24.5 Å². The van der Waals surface area contributed by atoms with Crippen molar-refractivity contribution in [1.82, 2.24) is 4.31 Å². The highest BCUT2D eigenvalue weighted by atomic mass is 32.2. The monoisotopic (exact) mass is 485 g/mol. The topological polar surface area (TPSA) is 79.0 Å². The number of anilines is 2. The molecule has 0 saturated carbocycles. The van der Waals surface area contributed by atoms with Gasteiger partial charge in [0.1, 0.15) is 0 Å². The molecule has 1 heterocycles. The summed E-state index contributed by atoms with van der Waals surface area (Å²) < 4.78 is 71.1. The number of nitrogens with zero attached hydrogens (tertiary/aromatic N) is 2. The van der Waals surface area contributed by atoms with Gasteiger partial charge in [0.05, 0.1) is 35.0 Å². The van der Waals surface area contributed by atoms with Crippen molar-refractivity contribution in [2.75, 3.05) is 50.6 Å². The van der Waals surface area contributed by atoms with Gasteiger partial charge in [0, 0.05) is 33.6 Å². The molecule has 0 radical (unpaired) electrons. The van der Waals surface area contributed by atoms with Gasteiger partial charge in [-0.25, -0.2) is 8.42 Å². The fourth-order valence-corrected chi connectivity index (χ4v) is 4.85. The number of carbonyl (C=O) groups is 1. The van der Waals surface area contributed by atoms with Gasteiger partial charge in [-0.3, -0.25) is 4.79 Å². The van der Waals surface area contributed by atoms with Crippen molar-refractivity contribution < 1.29 is 31.1 Å². The number of amides is 1. The van der Waals surface area contributed by atoms with Gasteiger partial charge >= 0.3 is 6.18 Å². The second-order valence-electron chi connectivity index (χ2n) is 7.83. The summed E-state index contributed by atoms with van der Waals surface area (Å²) in [7, 11) is -0.260. The Morgan fingerprint density at radius 2 is 1.73 bits per heavy atom. The average Bonchev–Trinajstić information content (AvgIpc) is 2.78. The fraction of sp³-hybridized carbons (Fsp3) is 0.409. The molecule has 1 N–H and O–H groups in total. The molecule has 180 valence electrons. The van der Waals surface area contributed by atoms with Gasteiger partial charge < -0.3 is 15.0 Å². The van der Waals surface area contributed by atoms with Crippen molar-refractivity contribution in [3.63, 3.8) is 0 Å². The summed E-state index contributed by atoms with van der Waals surface area (Å²) in [6.07, 6.45) is -4.19. The minimum Gasteiger partial charge on any atom is -0.379 e. The van der Waals surface area contributed by atoms with E-state index in [1.807, 2.05) is 0 Å². The van der Waals surface area contributed by atoms with Crippen molar-refractivity contribution >= 4 is 27.3 Å². The molecule has 1 saturated heterocycles. The number of hydrogen-bond acceptors (Lipinski definition) is 5. The van der Waals surface area contributed by atoms with E-state index in [0.717, 1.165) is 17.7 Å². The molecule has 1 aliphatic heterocycles. The fourth-order valence-electron chi connectivity index (χ4n) is 3.44. The van der Waals surface area contributed by atoms with Crippen molar-refractivity contribution in [3.05, 3.63) is 53.6 Å². The van der Waals surface area contributed by atoms with E-state index in [1.165, 1.54) is 22.5 Å². The van der Waals surface area contributed by atoms with E-state index in [0.29, 0.717) is 38.4 Å². The maximum atomic E-state index is 13.1. The van der Waals surface area contributed by atoms with Crippen molar-refractivity contribution in [3.8, 4) is 0 Å². The molecule has 1 fully saturated rings. The Morgan fingerprint density at radius 3 is 2.30 bits per heavy atom. The highest BCUT2D eigenvalue weighted by Crippen LogP contribution is 2.35. The summed E-state index contributed by atoms with van der Waals surface area (Å²) in [6.45, 7) is 1.31. The lowest BCUT2D eigenvalue weighted by molar-refractivity contribution is -0.137. The highest BCUT2D eigenvalue weighted by molar-refractivity contribution is 7.89. The van der Waals surface area contributed by atoms with E-state index in [-0.39, 0.29) is 17.0 Å². The Labute approximate surface area is 191 Å². The van der Waals surface area contributed by atoms with Crippen LogP contribution in [0.15, 0.2) is 47.4 Å². The average molecular weight is 486 g/mol. The number of aryl methyl sites for hydroxylation is 1. The van der Waals surface area contributed by atoms with Gasteiger partial charge in [-0.1, -0.05) is 12.1 Å². The first kappa shape index (κ1) is 25.0. The lowest BCUT2D eigenvalue weighted by Crippen LogP contribution is -2.40. The minimum atomic E-state index is -4.52. The van der Waals surface area contributed by atoms with Crippen LogP contribution in [-0.4, -0.2) is 59.0 Å². The largest absolute Gasteiger partial charge is 0.416 e. The molecule has 0 atom stereocenters. The van der Waals surface area contributed by atoms with E-state index in [2.05, 4.69) is 5.32 Å². The standard InChI is InChI=1S/C22H26F3N3O4S/c1-27(2)20-9-6-17(22(23,24)25)15-19(20)26-21(29)10-5-16-3-7-18(8-4-16)33(30,31)28-11-13-32-14-12-28/h3-4,6-9,15H,5,10-14H2,1-2H3,(H,26,29). The van der Waals surface area contributed by atoms with Crippen LogP contribution in [0.3, 0.4) is 0 Å². The number of nitrogens with one attached hydrogen (secondary N) is 1. The van der Waals surface area contributed by atoms with E-state index in [4.69, 9.17) is 4.74 Å². The molecule has 2 aromatic rings. The van der Waals surface area contributed by atoms with Gasteiger partial charge in [-0.15, -0.1) is 0 Å². The van der Waals surface area contributed by atoms with E-state index in [1.54, 1.807) is 31.1 Å². The van der Waals surface area contributed by atoms with Crippen molar-refractivity contribution in [1.29, 1.82) is 0 Å². The third-order valence-corrected chi connectivity index (χ3v) is 7.16. The number of carbonyl (C=O) groups excluding carboxylic acids is 1. The molecule has 0 aromatic heterocycles. The van der Waals surface area contributed by atoms with Gasteiger partial charge in [-0.2, -0.15) is 17.5 Å². The van der Waals surface area contributed by atoms with Gasteiger partial charge in [0.2, 0.25) is 15.9 Å². The van der Waals surface area contributed by atoms with Crippen LogP contribution in [-0.2, 0) is 32.2 Å². The van der Waals surface area contributed by atoms with Crippen LogP contribution < -0.4 is 10.2 Å². The van der Waals surface area contributed by atoms with E-state index >= 15 is 0 Å². The first-order valence-electron chi connectivity index (χ1n) is 10.3. The van der Waals surface area contributed by atoms with Crippen LogP contribution in [0.5, 0.6) is 0 Å². The SMILES string of the molecule is CN(C)c1ccc(C(F)(F)F)cc1NC(=O)CCc1ccc(S(=O)(=O)N2CCOCC2)cc1. The zero-order valence-electron chi connectivity index (χ0n) is 18.4. The summed E-state index contributed by atoms with van der Waals surface area (Å²) in [5.41, 5.74) is 0.421. The normalized spacial score (nSPS) is 15.3. The third-order valence-electron chi connectivity index (χ3n) is 5.25. The minimum absolute atomic E-state index is 0.0265. The third kappa shape index (κ3) is 6.24. The Kier molecular flexibility index (Phi) is 7.65. The quantitative estimate of drug-likeness (QED) is 0.651. The molecule has 3 rings (SSSR count). The Hall–Kier alpha value is -2.63. The molecule has 33 heavy (non-hydrogen) atoms. The lowest BCUT2D eigenvalue weighted by Gasteiger charge is -2.26. The second-order valence-corrected chi connectivity index (χ2v) is 9.77. The number of ether oxygens (including phenoxy) is 1. The number of halogens is 3. The van der Waals surface area contributed by atoms with Crippen LogP contribution >= 0.6 is 0 Å². The van der Waals surface area contributed by atoms with Crippen LogP contribution in [0.25, 0.3) is 0 Å². The van der Waals surface area contributed by atoms with Gasteiger partial charge in [0.25, 0.3) is 0 Å². The first-order valence-corrected chi connectivity index (χ1v) is 11.8. The highest BCUT2D eigenvalue weighted by Gasteiger charge is 2.31. The van der Waals surface area contributed by atoms with Crippen LogP contribution in [0, 0.1) is 0 Å². The Morgan fingerprint density at radius 1 is 1.09 bits per heavy atom. The predicted octanol–water partition coefficient (Wildman–Crippen LogP) is 3.36. The van der Waals surface area contributed by atoms with E-state index < -0.39 is 27.7 Å². The molecule has 0 bridgehead atoms. The molecular weight excluding hydrogens is 459 g/mol. The summed E-state index contributed by atoms with van der Waals surface area (Å²) >= 11 is 0. The predicted molar refractivity (Wildman–Crippen MR) is 119 cm³/mol. The molecular formula is C22H26F3N3O4S. The maximum absolute atomic E-state index is 13.1. The zero-order valence-corrected chi connectivity index (χ0v) is 19.2. The van der Waals surface area contributed by atoms with Gasteiger partial charge in [0.15, 0.2) is 0 Å². The molecule has 11 heteroatoms. The number of alkyl halides is 3. The number of morpholine rings is 1. The number of hydrogen-bond donors (Lipinski definition) is 1. The number of benzene rings is 2. The van der Waals surface area contributed by atoms with E-state index in [9.17, 15) is 26.4 Å². The molecule has 1 amide bonds. The lowest BCUT2D eigenvalue weighted by atomic mass is 10.1. The number of sulfonamides is 1. The molecule has 0 spiro atoms. The summed E-state index contributed by atoms with van der Waals surface area (Å²) in [6, 6.07) is 9.46. The van der Waals surface area contributed by atoms with Crippen molar-refractivity contribution in [2.24, 2.45) is 0 Å². The smallest absolute Gasteiger partial charge is 0.379 e. The Balaban J connectivity index is 1.64. The molecule has 0 aliphatic carbocycles. The summed E-state index contributed by atoms with van der Waals surface area (Å²) in [5.74, 6) is -0.442. The number of rotatable bonds is 7. The zero-order chi connectivity index (χ0) is 24.2. The Bertz CT molecular complexity index is 1080. The molecule has 7 nitrogen and oxygen atoms in total. The van der Waals surface area contributed by atoms with Crippen LogP contribution in [0.1, 0.15) is 17.5 Å². The molecule has 2 aromatic carbocycles. The summed E-state index contributed by atoms with van der Waals surface area (Å²) in [4.78, 5) is 14.2. The van der Waals surface area contributed by atoms with Crippen LogP contribution in [0.2, 0.25) is 0 Å².